The summed E-state index contributed by atoms with van der Waals surface area (Å²) in [5.41, 5.74) is 1.31. The summed E-state index contributed by atoms with van der Waals surface area (Å²) in [7, 11) is 0. The van der Waals surface area contributed by atoms with Crippen LogP contribution in [-0.4, -0.2) is 21.8 Å². The molecule has 4 rings (SSSR count). The quantitative estimate of drug-likeness (QED) is 0.381. The molecule has 32 heavy (non-hydrogen) atoms. The van der Waals surface area contributed by atoms with Crippen LogP contribution in [-0.2, 0) is 15.3 Å². The van der Waals surface area contributed by atoms with Gasteiger partial charge in [0.2, 0.25) is 11.8 Å². The van der Waals surface area contributed by atoms with E-state index in [2.05, 4.69) is 20.6 Å². The number of halogens is 2. The average molecular weight is 473 g/mol. The molecule has 0 aliphatic carbocycles. The van der Waals surface area contributed by atoms with Crippen LogP contribution in [0.5, 0.6) is 0 Å². The first kappa shape index (κ1) is 22.0. The summed E-state index contributed by atoms with van der Waals surface area (Å²) in [5, 5.41) is 5.96. The monoisotopic (exact) mass is 472 g/mol. The lowest BCUT2D eigenvalue weighted by atomic mass is 9.92. The lowest BCUT2D eigenvalue weighted by molar-refractivity contribution is -0.123. The topological polar surface area (TPSA) is 104 Å². The molecule has 1 aliphatic heterocycles. The minimum absolute atomic E-state index is 0.0307. The number of thioether (sulfide) groups is 1. The van der Waals surface area contributed by atoms with Crippen LogP contribution in [0.2, 0.25) is 5.02 Å². The van der Waals surface area contributed by atoms with Gasteiger partial charge in [0, 0.05) is 22.9 Å². The summed E-state index contributed by atoms with van der Waals surface area (Å²) < 4.78 is 13.8. The highest BCUT2D eigenvalue weighted by Gasteiger charge is 2.34. The Morgan fingerprint density at radius 3 is 2.81 bits per heavy atom. The Bertz CT molecular complexity index is 1280. The zero-order valence-electron chi connectivity index (χ0n) is 16.9. The molecule has 0 radical (unpaired) electrons. The van der Waals surface area contributed by atoms with E-state index in [1.54, 1.807) is 36.4 Å². The van der Waals surface area contributed by atoms with Crippen molar-refractivity contribution in [1.29, 1.82) is 0 Å². The van der Waals surface area contributed by atoms with E-state index < -0.39 is 23.3 Å². The van der Waals surface area contributed by atoms with Gasteiger partial charge in [-0.15, -0.1) is 0 Å². The van der Waals surface area contributed by atoms with Gasteiger partial charge in [-0.25, -0.2) is 9.37 Å². The predicted octanol–water partition coefficient (Wildman–Crippen LogP) is 4.23. The summed E-state index contributed by atoms with van der Waals surface area (Å²) in [6, 6.07) is 11.3. The van der Waals surface area contributed by atoms with Gasteiger partial charge in [-0.1, -0.05) is 47.6 Å². The van der Waals surface area contributed by atoms with Gasteiger partial charge in [-0.2, -0.15) is 0 Å². The van der Waals surface area contributed by atoms with E-state index in [1.807, 2.05) is 6.92 Å². The third kappa shape index (κ3) is 4.68. The Labute approximate surface area is 191 Å². The van der Waals surface area contributed by atoms with Gasteiger partial charge >= 0.3 is 0 Å². The highest BCUT2D eigenvalue weighted by Crippen LogP contribution is 2.31. The number of nitrogens with one attached hydrogen (secondary N) is 3. The number of benzene rings is 2. The molecule has 1 aliphatic rings. The first-order valence-electron chi connectivity index (χ1n) is 9.69. The number of carbonyl (C=O) groups excluding carboxylic acids is 2. The number of aromatic nitrogens is 2. The molecule has 3 aromatic rings. The number of nitrogens with zero attached hydrogens (tertiary/aromatic N) is 1. The number of fused-ring (bicyclic) bond motifs is 1. The van der Waals surface area contributed by atoms with E-state index in [-0.39, 0.29) is 34.5 Å². The van der Waals surface area contributed by atoms with Crippen LogP contribution in [0.1, 0.15) is 29.0 Å². The molecule has 3 N–H and O–H groups in total. The van der Waals surface area contributed by atoms with Gasteiger partial charge in [0.25, 0.3) is 5.56 Å². The number of rotatable bonds is 5. The Balaban J connectivity index is 1.58. The first-order chi connectivity index (χ1) is 15.3. The van der Waals surface area contributed by atoms with Crippen molar-refractivity contribution in [1.82, 2.24) is 9.97 Å². The van der Waals surface area contributed by atoms with Gasteiger partial charge in [-0.05, 0) is 36.2 Å². The zero-order chi connectivity index (χ0) is 22.8. The van der Waals surface area contributed by atoms with E-state index in [4.69, 9.17) is 11.6 Å². The number of hydrogen-bond donors (Lipinski definition) is 3. The van der Waals surface area contributed by atoms with Crippen molar-refractivity contribution in [2.24, 2.45) is 0 Å². The van der Waals surface area contributed by atoms with E-state index >= 15 is 0 Å². The second-order valence-electron chi connectivity index (χ2n) is 7.27. The molecule has 2 aromatic carbocycles. The third-order valence-electron chi connectivity index (χ3n) is 5.01. The number of H-pyrrole nitrogens is 1. The van der Waals surface area contributed by atoms with Crippen molar-refractivity contribution in [3.8, 4) is 0 Å². The van der Waals surface area contributed by atoms with Crippen LogP contribution in [0, 0.1) is 12.7 Å². The standard InChI is InChI=1S/C22H18ClFN4O3S/c1-11-6-7-13(8-15(11)23)25-20(30)14-9-17(29)26-19-18(14)21(31)28-22(27-19)32-10-12-4-2-3-5-16(12)24/h2-8,14H,9-10H2,1H3,(H,25,30)(H2,26,27,28,29,31)/t14-/m1/s1. The number of hydrogen-bond acceptors (Lipinski definition) is 5. The fourth-order valence-corrected chi connectivity index (χ4v) is 4.33. The van der Waals surface area contributed by atoms with Crippen molar-refractivity contribution in [3.63, 3.8) is 0 Å². The molecule has 7 nitrogen and oxygen atoms in total. The Morgan fingerprint density at radius 1 is 1.28 bits per heavy atom. The van der Waals surface area contributed by atoms with Crippen LogP contribution < -0.4 is 16.2 Å². The molecule has 0 spiro atoms. The summed E-state index contributed by atoms with van der Waals surface area (Å²) in [5.74, 6) is -2.05. The fraction of sp³-hybridized carbons (Fsp3) is 0.182. The highest BCUT2D eigenvalue weighted by atomic mass is 35.5. The predicted molar refractivity (Wildman–Crippen MR) is 122 cm³/mol. The molecule has 2 heterocycles. The summed E-state index contributed by atoms with van der Waals surface area (Å²) in [6.07, 6.45) is -0.190. The van der Waals surface area contributed by atoms with E-state index in [0.29, 0.717) is 16.3 Å². The molecule has 164 valence electrons. The molecule has 1 aromatic heterocycles. The third-order valence-corrected chi connectivity index (χ3v) is 6.34. The van der Waals surface area contributed by atoms with Crippen LogP contribution in [0.4, 0.5) is 15.9 Å². The Hall–Kier alpha value is -3.17. The van der Waals surface area contributed by atoms with Crippen molar-refractivity contribution in [3.05, 3.63) is 80.3 Å². The molecular weight excluding hydrogens is 455 g/mol. The lowest BCUT2D eigenvalue weighted by Crippen LogP contribution is -2.36. The maximum absolute atomic E-state index is 13.8. The first-order valence-corrected chi connectivity index (χ1v) is 11.1. The minimum atomic E-state index is -1.01. The van der Waals surface area contributed by atoms with Crippen molar-refractivity contribution in [2.75, 3.05) is 10.6 Å². The second-order valence-corrected chi connectivity index (χ2v) is 8.64. The van der Waals surface area contributed by atoms with Crippen LogP contribution in [0.15, 0.2) is 52.4 Å². The average Bonchev–Trinajstić information content (AvgIpc) is 2.75. The van der Waals surface area contributed by atoms with Gasteiger partial charge in [-0.3, -0.25) is 14.4 Å². The normalized spacial score (nSPS) is 15.1. The lowest BCUT2D eigenvalue weighted by Gasteiger charge is -2.23. The molecule has 1 atom stereocenters. The van der Waals surface area contributed by atoms with Crippen LogP contribution in [0.3, 0.4) is 0 Å². The molecule has 0 bridgehead atoms. The maximum atomic E-state index is 13.8. The van der Waals surface area contributed by atoms with Crippen LogP contribution >= 0.6 is 23.4 Å². The van der Waals surface area contributed by atoms with Crippen molar-refractivity contribution < 1.29 is 14.0 Å². The minimum Gasteiger partial charge on any atom is -0.325 e. The van der Waals surface area contributed by atoms with Gasteiger partial charge < -0.3 is 15.6 Å². The molecule has 0 saturated carbocycles. The second kappa shape index (κ2) is 9.13. The van der Waals surface area contributed by atoms with Crippen LogP contribution in [0.25, 0.3) is 0 Å². The van der Waals surface area contributed by atoms with Gasteiger partial charge in [0.05, 0.1) is 11.5 Å². The molecule has 10 heteroatoms. The van der Waals surface area contributed by atoms with Gasteiger partial charge in [0.1, 0.15) is 11.6 Å². The maximum Gasteiger partial charge on any atom is 0.257 e. The van der Waals surface area contributed by atoms with E-state index in [9.17, 15) is 18.8 Å². The summed E-state index contributed by atoms with van der Waals surface area (Å²) >= 11 is 7.23. The fourth-order valence-electron chi connectivity index (χ4n) is 3.30. The van der Waals surface area contributed by atoms with Gasteiger partial charge in [0.15, 0.2) is 5.16 Å². The number of aryl methyl sites for hydroxylation is 1. The Kier molecular flexibility index (Phi) is 6.29. The molecule has 0 saturated heterocycles. The number of carbonyl (C=O) groups is 2. The summed E-state index contributed by atoms with van der Waals surface area (Å²) in [4.78, 5) is 44.8. The van der Waals surface area contributed by atoms with Crippen molar-refractivity contribution >= 4 is 46.7 Å². The molecule has 0 fully saturated rings. The molecule has 0 unspecified atom stereocenters. The van der Waals surface area contributed by atoms with E-state index in [0.717, 1.165) is 17.3 Å². The Morgan fingerprint density at radius 2 is 2.06 bits per heavy atom. The molecular formula is C22H18ClFN4O3S. The largest absolute Gasteiger partial charge is 0.325 e. The zero-order valence-corrected chi connectivity index (χ0v) is 18.4. The number of aromatic amines is 1. The highest BCUT2D eigenvalue weighted by molar-refractivity contribution is 7.98. The number of amides is 2. The van der Waals surface area contributed by atoms with Crippen molar-refractivity contribution in [2.45, 2.75) is 30.2 Å². The molecule has 2 amide bonds. The smallest absolute Gasteiger partial charge is 0.257 e. The summed E-state index contributed by atoms with van der Waals surface area (Å²) in [6.45, 7) is 1.84. The number of anilines is 2. The van der Waals surface area contributed by atoms with E-state index in [1.165, 1.54) is 6.07 Å². The SMILES string of the molecule is Cc1ccc(NC(=O)[C@@H]2CC(=O)Nc3nc(SCc4ccccc4F)[nH]c(=O)c32)cc1Cl.